The maximum atomic E-state index is 4.75. The van der Waals surface area contributed by atoms with Gasteiger partial charge in [0.25, 0.3) is 0 Å². The fourth-order valence-electron chi connectivity index (χ4n) is 3.64. The second-order valence-electron chi connectivity index (χ2n) is 7.22. The van der Waals surface area contributed by atoms with Crippen LogP contribution in [0.4, 0.5) is 0 Å². The van der Waals surface area contributed by atoms with Gasteiger partial charge in [-0.3, -0.25) is 5.10 Å². The van der Waals surface area contributed by atoms with Crippen LogP contribution in [0.25, 0.3) is 22.3 Å². The molecule has 0 aliphatic carbocycles. The molecule has 2 aromatic heterocycles. The number of hydrogen-bond donors (Lipinski definition) is 4. The second-order valence-corrected chi connectivity index (χ2v) is 7.22. The van der Waals surface area contributed by atoms with Gasteiger partial charge in [0.2, 0.25) is 0 Å². The Hall–Kier alpha value is -2.88. The van der Waals surface area contributed by atoms with Crippen molar-refractivity contribution in [1.82, 2.24) is 30.8 Å². The van der Waals surface area contributed by atoms with Crippen LogP contribution < -0.4 is 10.6 Å². The molecule has 0 fully saturated rings. The van der Waals surface area contributed by atoms with Crippen molar-refractivity contribution in [3.05, 3.63) is 71.7 Å². The molecule has 4 rings (SSSR count). The van der Waals surface area contributed by atoms with Gasteiger partial charge in [-0.05, 0) is 49.1 Å². The fourth-order valence-corrected chi connectivity index (χ4v) is 3.64. The minimum atomic E-state index is 0. The Morgan fingerprint density at radius 1 is 1.13 bits per heavy atom. The van der Waals surface area contributed by atoms with E-state index in [1.807, 2.05) is 12.1 Å². The first kappa shape index (κ1) is 22.8. The van der Waals surface area contributed by atoms with Crippen molar-refractivity contribution in [2.45, 2.75) is 26.8 Å². The summed E-state index contributed by atoms with van der Waals surface area (Å²) >= 11 is 0. The van der Waals surface area contributed by atoms with Crippen LogP contribution in [0.5, 0.6) is 0 Å². The minimum absolute atomic E-state index is 0. The number of benzene rings is 2. The second kappa shape index (κ2) is 10.9. The van der Waals surface area contributed by atoms with Crippen LogP contribution in [0, 0.1) is 6.92 Å². The monoisotopic (exact) mass is 529 g/mol. The SMILES string of the molecule is CCNC(=NCc1cccc(-c2ncn[nH]2)c1)NCCc1c[nH]c2cccc(C)c12.I. The summed E-state index contributed by atoms with van der Waals surface area (Å²) < 4.78 is 0. The first-order valence-electron chi connectivity index (χ1n) is 10.3. The summed E-state index contributed by atoms with van der Waals surface area (Å²) in [6.45, 7) is 6.45. The Morgan fingerprint density at radius 3 is 2.81 bits per heavy atom. The van der Waals surface area contributed by atoms with Crippen LogP contribution >= 0.6 is 24.0 Å². The van der Waals surface area contributed by atoms with E-state index in [9.17, 15) is 0 Å². The highest BCUT2D eigenvalue weighted by Crippen LogP contribution is 2.22. The number of halogens is 1. The first-order valence-corrected chi connectivity index (χ1v) is 10.3. The molecule has 31 heavy (non-hydrogen) atoms. The van der Waals surface area contributed by atoms with E-state index in [4.69, 9.17) is 4.99 Å². The first-order chi connectivity index (χ1) is 14.7. The van der Waals surface area contributed by atoms with Gasteiger partial charge in [0.1, 0.15) is 6.33 Å². The number of rotatable bonds is 7. The summed E-state index contributed by atoms with van der Waals surface area (Å²) in [6, 6.07) is 14.6. The summed E-state index contributed by atoms with van der Waals surface area (Å²) in [4.78, 5) is 12.3. The third-order valence-corrected chi connectivity index (χ3v) is 5.06. The molecular formula is C23H28IN7. The molecule has 162 valence electrons. The van der Waals surface area contributed by atoms with Crippen LogP contribution in [-0.4, -0.2) is 39.2 Å². The maximum absolute atomic E-state index is 4.75. The average Bonchev–Trinajstić information content (AvgIpc) is 3.43. The van der Waals surface area contributed by atoms with Gasteiger partial charge < -0.3 is 15.6 Å². The molecule has 2 aromatic carbocycles. The molecule has 0 unspecified atom stereocenters. The van der Waals surface area contributed by atoms with E-state index in [-0.39, 0.29) is 24.0 Å². The summed E-state index contributed by atoms with van der Waals surface area (Å²) in [5.41, 5.74) is 5.95. The van der Waals surface area contributed by atoms with E-state index in [0.29, 0.717) is 6.54 Å². The largest absolute Gasteiger partial charge is 0.361 e. The third kappa shape index (κ3) is 5.63. The summed E-state index contributed by atoms with van der Waals surface area (Å²) in [5.74, 6) is 1.58. The zero-order valence-corrected chi connectivity index (χ0v) is 20.1. The van der Waals surface area contributed by atoms with Gasteiger partial charge in [0.15, 0.2) is 11.8 Å². The molecule has 4 N–H and O–H groups in total. The number of fused-ring (bicyclic) bond motifs is 1. The molecule has 0 bridgehead atoms. The smallest absolute Gasteiger partial charge is 0.191 e. The van der Waals surface area contributed by atoms with Gasteiger partial charge in [-0.1, -0.05) is 30.3 Å². The average molecular weight is 529 g/mol. The van der Waals surface area contributed by atoms with Crippen molar-refractivity contribution in [3.8, 4) is 11.4 Å². The van der Waals surface area contributed by atoms with Gasteiger partial charge in [0.05, 0.1) is 6.54 Å². The van der Waals surface area contributed by atoms with Crippen LogP contribution in [0.1, 0.15) is 23.6 Å². The highest BCUT2D eigenvalue weighted by Gasteiger charge is 2.07. The normalized spacial score (nSPS) is 11.4. The van der Waals surface area contributed by atoms with Gasteiger partial charge >= 0.3 is 0 Å². The lowest BCUT2D eigenvalue weighted by Gasteiger charge is -2.11. The minimum Gasteiger partial charge on any atom is -0.361 e. The number of aromatic amines is 2. The predicted molar refractivity (Wildman–Crippen MR) is 137 cm³/mol. The molecule has 7 nitrogen and oxygen atoms in total. The Labute approximate surface area is 199 Å². The summed E-state index contributed by atoms with van der Waals surface area (Å²) in [7, 11) is 0. The molecule has 0 saturated heterocycles. The van der Waals surface area contributed by atoms with Gasteiger partial charge in [-0.25, -0.2) is 9.98 Å². The number of hydrogen-bond acceptors (Lipinski definition) is 3. The van der Waals surface area contributed by atoms with Crippen molar-refractivity contribution < 1.29 is 0 Å². The molecule has 0 radical (unpaired) electrons. The molecule has 0 aliphatic heterocycles. The van der Waals surface area contributed by atoms with Gasteiger partial charge in [-0.15, -0.1) is 24.0 Å². The molecule has 0 amide bonds. The topological polar surface area (TPSA) is 93.8 Å². The highest BCUT2D eigenvalue weighted by atomic mass is 127. The van der Waals surface area contributed by atoms with Crippen LogP contribution in [-0.2, 0) is 13.0 Å². The van der Waals surface area contributed by atoms with E-state index < -0.39 is 0 Å². The van der Waals surface area contributed by atoms with E-state index in [1.165, 1.54) is 28.4 Å². The number of nitrogens with one attached hydrogen (secondary N) is 4. The van der Waals surface area contributed by atoms with E-state index in [0.717, 1.165) is 42.4 Å². The third-order valence-electron chi connectivity index (χ3n) is 5.06. The molecule has 0 spiro atoms. The number of aliphatic imine (C=N–C) groups is 1. The lowest BCUT2D eigenvalue weighted by Crippen LogP contribution is -2.38. The standard InChI is InChI=1S/C23H27N7.HI/c1-3-24-23(25-11-10-19-14-26-20-9-4-6-16(2)21(19)20)27-13-17-7-5-8-18(12-17)22-28-15-29-30-22;/h4-9,12,14-15,26H,3,10-11,13H2,1-2H3,(H2,24,25,27)(H,28,29,30);1H. The molecule has 2 heterocycles. The highest BCUT2D eigenvalue weighted by molar-refractivity contribution is 14.0. The Balaban J connectivity index is 0.00000272. The number of nitrogens with zero attached hydrogens (tertiary/aromatic N) is 3. The molecule has 4 aromatic rings. The molecule has 0 saturated carbocycles. The summed E-state index contributed by atoms with van der Waals surface area (Å²) in [5, 5.41) is 14.9. The fraction of sp³-hybridized carbons (Fsp3) is 0.261. The molecular weight excluding hydrogens is 501 g/mol. The summed E-state index contributed by atoms with van der Waals surface area (Å²) in [6.07, 6.45) is 4.55. The zero-order valence-electron chi connectivity index (χ0n) is 17.8. The van der Waals surface area contributed by atoms with Crippen molar-refractivity contribution in [1.29, 1.82) is 0 Å². The lowest BCUT2D eigenvalue weighted by atomic mass is 10.1. The van der Waals surface area contributed by atoms with E-state index in [2.05, 4.69) is 81.2 Å². The van der Waals surface area contributed by atoms with Crippen molar-refractivity contribution >= 4 is 40.8 Å². The molecule has 0 atom stereocenters. The predicted octanol–water partition coefficient (Wildman–Crippen LogP) is 4.18. The Kier molecular flexibility index (Phi) is 8.05. The van der Waals surface area contributed by atoms with E-state index in [1.54, 1.807) is 0 Å². The Bertz CT molecular complexity index is 1130. The maximum Gasteiger partial charge on any atom is 0.191 e. The lowest BCUT2D eigenvalue weighted by molar-refractivity contribution is 0.801. The number of guanidine groups is 1. The molecule has 8 heteroatoms. The van der Waals surface area contributed by atoms with E-state index >= 15 is 0 Å². The zero-order chi connectivity index (χ0) is 20.8. The Morgan fingerprint density at radius 2 is 2.00 bits per heavy atom. The number of aryl methyl sites for hydroxylation is 1. The van der Waals surface area contributed by atoms with Gasteiger partial charge in [0, 0.05) is 35.8 Å². The quantitative estimate of drug-likeness (QED) is 0.164. The van der Waals surface area contributed by atoms with Crippen molar-refractivity contribution in [2.75, 3.05) is 13.1 Å². The number of H-pyrrole nitrogens is 2. The van der Waals surface area contributed by atoms with Crippen LogP contribution in [0.3, 0.4) is 0 Å². The van der Waals surface area contributed by atoms with Crippen molar-refractivity contribution in [3.63, 3.8) is 0 Å². The van der Waals surface area contributed by atoms with Gasteiger partial charge in [-0.2, -0.15) is 5.10 Å². The molecule has 0 aliphatic rings. The van der Waals surface area contributed by atoms with Crippen LogP contribution in [0.15, 0.2) is 60.0 Å². The number of aromatic nitrogens is 4. The van der Waals surface area contributed by atoms with Crippen LogP contribution in [0.2, 0.25) is 0 Å². The van der Waals surface area contributed by atoms with Crippen molar-refractivity contribution in [2.24, 2.45) is 4.99 Å².